The fraction of sp³-hybridized carbons (Fsp3) is 1.00. The fourth-order valence-electron chi connectivity index (χ4n) is 4.61. The van der Waals surface area contributed by atoms with Gasteiger partial charge in [0.15, 0.2) is 0 Å². The zero-order valence-corrected chi connectivity index (χ0v) is 7.05. The number of hydrogen-bond acceptors (Lipinski definition) is 0. The standard InChI is InChI=1S/C11H16/c1-7-2-9(1)10(3-7)11-4-8(5-11)6-11/h7-10H,1-6H2. The van der Waals surface area contributed by atoms with E-state index >= 15 is 0 Å². The van der Waals surface area contributed by atoms with Crippen LogP contribution in [0.4, 0.5) is 0 Å². The summed E-state index contributed by atoms with van der Waals surface area (Å²) in [7, 11) is 0. The van der Waals surface area contributed by atoms with E-state index in [0.717, 1.165) is 5.41 Å². The maximum Gasteiger partial charge on any atom is -0.0259 e. The molecule has 0 nitrogen and oxygen atoms in total. The van der Waals surface area contributed by atoms with E-state index in [0.29, 0.717) is 0 Å². The summed E-state index contributed by atoms with van der Waals surface area (Å²) in [5.41, 5.74) is 0.959. The van der Waals surface area contributed by atoms with Crippen molar-refractivity contribution in [2.45, 2.75) is 38.5 Å². The second-order valence-corrected chi connectivity index (χ2v) is 5.78. The van der Waals surface area contributed by atoms with Crippen molar-refractivity contribution < 1.29 is 0 Å². The molecule has 0 amide bonds. The number of hydrogen-bond donors (Lipinski definition) is 0. The topological polar surface area (TPSA) is 0 Å². The Labute approximate surface area is 68.4 Å². The summed E-state index contributed by atoms with van der Waals surface area (Å²) in [4.78, 5) is 0. The highest BCUT2D eigenvalue weighted by atomic mass is 14.7. The van der Waals surface area contributed by atoms with Crippen molar-refractivity contribution in [2.75, 3.05) is 0 Å². The Morgan fingerprint density at radius 3 is 1.91 bits per heavy atom. The van der Waals surface area contributed by atoms with Crippen molar-refractivity contribution in [2.24, 2.45) is 29.1 Å². The van der Waals surface area contributed by atoms with Crippen LogP contribution in [0.5, 0.6) is 0 Å². The summed E-state index contributed by atoms with van der Waals surface area (Å²) in [6.07, 6.45) is 9.80. The number of rotatable bonds is 1. The van der Waals surface area contributed by atoms with Gasteiger partial charge in [0.05, 0.1) is 0 Å². The molecule has 11 heavy (non-hydrogen) atoms. The first-order valence-electron chi connectivity index (χ1n) is 5.36. The van der Waals surface area contributed by atoms with Gasteiger partial charge in [-0.3, -0.25) is 0 Å². The second kappa shape index (κ2) is 1.41. The van der Waals surface area contributed by atoms with Crippen LogP contribution >= 0.6 is 0 Å². The zero-order chi connectivity index (χ0) is 7.05. The van der Waals surface area contributed by atoms with E-state index in [1.165, 1.54) is 23.7 Å². The summed E-state index contributed by atoms with van der Waals surface area (Å²) in [5.74, 6) is 4.82. The van der Waals surface area contributed by atoms with Crippen LogP contribution in [-0.2, 0) is 0 Å². The van der Waals surface area contributed by atoms with E-state index in [-0.39, 0.29) is 0 Å². The Hall–Kier alpha value is 0. The first kappa shape index (κ1) is 5.61. The van der Waals surface area contributed by atoms with Gasteiger partial charge in [-0.05, 0) is 67.6 Å². The van der Waals surface area contributed by atoms with Crippen LogP contribution in [-0.4, -0.2) is 0 Å². The molecule has 0 aromatic heterocycles. The normalized spacial score (nSPS) is 69.8. The predicted molar refractivity (Wildman–Crippen MR) is 44.1 cm³/mol. The Kier molecular flexibility index (Phi) is 0.717. The molecule has 0 saturated heterocycles. The van der Waals surface area contributed by atoms with Crippen LogP contribution in [0, 0.1) is 29.1 Å². The highest BCUT2D eigenvalue weighted by molar-refractivity contribution is 5.15. The lowest BCUT2D eigenvalue weighted by Gasteiger charge is -2.66. The fourth-order valence-corrected chi connectivity index (χ4v) is 4.61. The van der Waals surface area contributed by atoms with Gasteiger partial charge in [-0.25, -0.2) is 0 Å². The Morgan fingerprint density at radius 2 is 1.55 bits per heavy atom. The maximum atomic E-state index is 1.64. The van der Waals surface area contributed by atoms with E-state index in [9.17, 15) is 0 Å². The molecule has 60 valence electrons. The lowest BCUT2D eigenvalue weighted by Crippen LogP contribution is -2.56. The van der Waals surface area contributed by atoms with Gasteiger partial charge >= 0.3 is 0 Å². The lowest BCUT2D eigenvalue weighted by atomic mass is 9.39. The van der Waals surface area contributed by atoms with Crippen molar-refractivity contribution in [3.8, 4) is 0 Å². The zero-order valence-electron chi connectivity index (χ0n) is 7.05. The summed E-state index contributed by atoms with van der Waals surface area (Å²) in [6.45, 7) is 0. The minimum atomic E-state index is 0.959. The van der Waals surface area contributed by atoms with Gasteiger partial charge in [0.2, 0.25) is 0 Å². The third kappa shape index (κ3) is 0.467. The minimum absolute atomic E-state index is 0.959. The SMILES string of the molecule is C1C2CC1C(C13CC(C1)C3)C2. The van der Waals surface area contributed by atoms with Crippen LogP contribution in [0.15, 0.2) is 0 Å². The molecule has 1 atom stereocenters. The molecule has 4 bridgehead atoms. The lowest BCUT2D eigenvalue weighted by molar-refractivity contribution is -0.157. The smallest absolute Gasteiger partial charge is 0.0259 e. The van der Waals surface area contributed by atoms with Crippen LogP contribution in [0.25, 0.3) is 0 Å². The molecule has 6 aliphatic rings. The van der Waals surface area contributed by atoms with Crippen molar-refractivity contribution >= 4 is 0 Å². The van der Waals surface area contributed by atoms with Crippen LogP contribution in [0.3, 0.4) is 0 Å². The van der Waals surface area contributed by atoms with Gasteiger partial charge in [0, 0.05) is 0 Å². The molecule has 6 aliphatic carbocycles. The third-order valence-electron chi connectivity index (χ3n) is 5.30. The average Bonchev–Trinajstić information content (AvgIpc) is 2.06. The van der Waals surface area contributed by atoms with Gasteiger partial charge in [0.25, 0.3) is 0 Å². The Bertz CT molecular complexity index is 195. The molecule has 0 spiro atoms. The monoisotopic (exact) mass is 148 g/mol. The van der Waals surface area contributed by atoms with Crippen molar-refractivity contribution in [3.63, 3.8) is 0 Å². The van der Waals surface area contributed by atoms with Gasteiger partial charge in [-0.1, -0.05) is 0 Å². The van der Waals surface area contributed by atoms with Gasteiger partial charge < -0.3 is 0 Å². The minimum Gasteiger partial charge on any atom is -0.0473 e. The molecule has 6 rings (SSSR count). The second-order valence-electron chi connectivity index (χ2n) is 5.78. The van der Waals surface area contributed by atoms with E-state index in [4.69, 9.17) is 0 Å². The quantitative estimate of drug-likeness (QED) is 0.536. The predicted octanol–water partition coefficient (Wildman–Crippen LogP) is 2.83. The molecule has 1 unspecified atom stereocenters. The van der Waals surface area contributed by atoms with Crippen molar-refractivity contribution in [3.05, 3.63) is 0 Å². The molecular weight excluding hydrogens is 132 g/mol. The maximum absolute atomic E-state index is 1.64. The van der Waals surface area contributed by atoms with Crippen LogP contribution in [0.2, 0.25) is 0 Å². The molecule has 0 N–H and O–H groups in total. The van der Waals surface area contributed by atoms with E-state index in [2.05, 4.69) is 0 Å². The Morgan fingerprint density at radius 1 is 0.818 bits per heavy atom. The van der Waals surface area contributed by atoms with Gasteiger partial charge in [-0.15, -0.1) is 0 Å². The molecule has 6 fully saturated rings. The van der Waals surface area contributed by atoms with E-state index in [1.54, 1.807) is 38.5 Å². The summed E-state index contributed by atoms with van der Waals surface area (Å²) in [6, 6.07) is 0. The molecular formula is C11H16. The molecule has 0 radical (unpaired) electrons. The molecule has 0 aromatic carbocycles. The molecule has 6 saturated carbocycles. The molecule has 0 heterocycles. The molecule has 0 heteroatoms. The Balaban J connectivity index is 1.65. The van der Waals surface area contributed by atoms with Crippen LogP contribution in [0.1, 0.15) is 38.5 Å². The summed E-state index contributed by atoms with van der Waals surface area (Å²) in [5, 5.41) is 0. The molecule has 0 aromatic rings. The van der Waals surface area contributed by atoms with Crippen LogP contribution < -0.4 is 0 Å². The number of fused-ring (bicyclic) bond motifs is 1. The first-order chi connectivity index (χ1) is 5.36. The van der Waals surface area contributed by atoms with Crippen molar-refractivity contribution in [1.82, 2.24) is 0 Å². The largest absolute Gasteiger partial charge is 0.0473 e. The summed E-state index contributed by atoms with van der Waals surface area (Å²) < 4.78 is 0. The summed E-state index contributed by atoms with van der Waals surface area (Å²) >= 11 is 0. The first-order valence-corrected chi connectivity index (χ1v) is 5.36. The van der Waals surface area contributed by atoms with Gasteiger partial charge in [-0.2, -0.15) is 0 Å². The highest BCUT2D eigenvalue weighted by Crippen LogP contribution is 2.74. The van der Waals surface area contributed by atoms with E-state index < -0.39 is 0 Å². The van der Waals surface area contributed by atoms with Crippen molar-refractivity contribution in [1.29, 1.82) is 0 Å². The highest BCUT2D eigenvalue weighted by Gasteiger charge is 2.65. The van der Waals surface area contributed by atoms with E-state index in [1.807, 2.05) is 0 Å². The third-order valence-corrected chi connectivity index (χ3v) is 5.30. The van der Waals surface area contributed by atoms with Gasteiger partial charge in [0.1, 0.15) is 0 Å². The average molecular weight is 148 g/mol. The molecule has 0 aliphatic heterocycles.